The Morgan fingerprint density at radius 1 is 1.27 bits per heavy atom. The summed E-state index contributed by atoms with van der Waals surface area (Å²) in [5.41, 5.74) is 6.90. The van der Waals surface area contributed by atoms with Crippen LogP contribution in [0.15, 0.2) is 35.0 Å². The number of nitrogens with one attached hydrogen (secondary N) is 1. The number of pyridine rings is 1. The molecule has 1 aliphatic heterocycles. The largest absolute Gasteiger partial charge is 0.337 e. The van der Waals surface area contributed by atoms with Crippen molar-refractivity contribution in [1.29, 1.82) is 5.26 Å². The van der Waals surface area contributed by atoms with E-state index in [-0.39, 0.29) is 12.4 Å². The predicted octanol–water partition coefficient (Wildman–Crippen LogP) is 3.69. The number of aryl methyl sites for hydroxylation is 1. The van der Waals surface area contributed by atoms with Gasteiger partial charge in [0.25, 0.3) is 0 Å². The van der Waals surface area contributed by atoms with E-state index < -0.39 is 0 Å². The number of rotatable bonds is 3. The van der Waals surface area contributed by atoms with Crippen molar-refractivity contribution in [3.05, 3.63) is 64.4 Å². The normalized spacial score (nSPS) is 13.0. The zero-order valence-electron chi connectivity index (χ0n) is 16.8. The van der Waals surface area contributed by atoms with Crippen molar-refractivity contribution in [3.8, 4) is 17.5 Å². The van der Waals surface area contributed by atoms with E-state index in [1.54, 1.807) is 0 Å². The number of nitrogens with zero attached hydrogens (tertiary/aromatic N) is 5. The third-order valence-corrected chi connectivity index (χ3v) is 5.66. The van der Waals surface area contributed by atoms with Crippen molar-refractivity contribution in [3.63, 3.8) is 0 Å². The molecule has 0 aliphatic carbocycles. The van der Waals surface area contributed by atoms with E-state index in [0.29, 0.717) is 23.8 Å². The van der Waals surface area contributed by atoms with E-state index >= 15 is 0 Å². The lowest BCUT2D eigenvalue weighted by molar-refractivity contribution is 0.372. The highest BCUT2D eigenvalue weighted by atomic mass is 35.5. The molecule has 3 aromatic heterocycles. The highest BCUT2D eigenvalue weighted by Gasteiger charge is 2.22. The topological polar surface area (TPSA) is 92.6 Å². The number of nitriles is 1. The quantitative estimate of drug-likeness (QED) is 0.543. The summed E-state index contributed by atoms with van der Waals surface area (Å²) >= 11 is 0. The highest BCUT2D eigenvalue weighted by Crippen LogP contribution is 2.30. The van der Waals surface area contributed by atoms with Crippen molar-refractivity contribution in [2.24, 2.45) is 0 Å². The van der Waals surface area contributed by atoms with Gasteiger partial charge in [-0.1, -0.05) is 23.4 Å². The minimum atomic E-state index is 0. The third kappa shape index (κ3) is 3.15. The first kappa shape index (κ1) is 20.1. The molecule has 1 aromatic carbocycles. The van der Waals surface area contributed by atoms with Crippen molar-refractivity contribution in [2.45, 2.75) is 33.4 Å². The summed E-state index contributed by atoms with van der Waals surface area (Å²) in [6.07, 6.45) is 2.85. The number of hydrogen-bond acceptors (Lipinski definition) is 6. The van der Waals surface area contributed by atoms with Crippen LogP contribution in [0.3, 0.4) is 0 Å². The molecule has 8 heteroatoms. The molecule has 152 valence electrons. The van der Waals surface area contributed by atoms with Gasteiger partial charge in [-0.05, 0) is 44.0 Å². The fourth-order valence-electron chi connectivity index (χ4n) is 4.20. The average molecular weight is 421 g/mol. The third-order valence-electron chi connectivity index (χ3n) is 5.66. The molecular formula is C22H21ClN6O. The highest BCUT2D eigenvalue weighted by molar-refractivity contribution is 5.88. The van der Waals surface area contributed by atoms with Gasteiger partial charge < -0.3 is 14.4 Å². The first-order valence-electron chi connectivity index (χ1n) is 9.66. The van der Waals surface area contributed by atoms with E-state index in [1.807, 2.05) is 44.3 Å². The Morgan fingerprint density at radius 2 is 2.10 bits per heavy atom. The molecule has 4 aromatic rings. The van der Waals surface area contributed by atoms with E-state index in [0.717, 1.165) is 47.4 Å². The van der Waals surface area contributed by atoms with Crippen LogP contribution < -0.4 is 5.32 Å². The fourth-order valence-corrected chi connectivity index (χ4v) is 4.20. The number of hydrogen-bond donors (Lipinski definition) is 1. The minimum absolute atomic E-state index is 0. The first-order chi connectivity index (χ1) is 14.2. The van der Waals surface area contributed by atoms with E-state index in [4.69, 9.17) is 4.52 Å². The Kier molecular flexibility index (Phi) is 5.29. The second-order valence-electron chi connectivity index (χ2n) is 7.34. The van der Waals surface area contributed by atoms with Gasteiger partial charge in [0.15, 0.2) is 0 Å². The number of para-hydroxylation sites is 1. The summed E-state index contributed by atoms with van der Waals surface area (Å²) in [6.45, 7) is 6.09. The Morgan fingerprint density at radius 3 is 2.93 bits per heavy atom. The van der Waals surface area contributed by atoms with Gasteiger partial charge in [-0.25, -0.2) is 0 Å². The van der Waals surface area contributed by atoms with Gasteiger partial charge in [0, 0.05) is 35.1 Å². The molecule has 0 atom stereocenters. The zero-order valence-corrected chi connectivity index (χ0v) is 17.6. The summed E-state index contributed by atoms with van der Waals surface area (Å²) in [7, 11) is 0. The minimum Gasteiger partial charge on any atom is -0.337 e. The Labute approximate surface area is 180 Å². The molecule has 4 heterocycles. The van der Waals surface area contributed by atoms with Crippen LogP contribution in [0.4, 0.5) is 0 Å². The van der Waals surface area contributed by atoms with Gasteiger partial charge in [-0.15, -0.1) is 12.4 Å². The van der Waals surface area contributed by atoms with Crippen molar-refractivity contribution in [1.82, 2.24) is 25.0 Å². The lowest BCUT2D eigenvalue weighted by Gasteiger charge is -2.19. The van der Waals surface area contributed by atoms with Crippen LogP contribution >= 0.6 is 12.4 Å². The van der Waals surface area contributed by atoms with Crippen molar-refractivity contribution in [2.75, 3.05) is 6.54 Å². The Bertz CT molecular complexity index is 1280. The van der Waals surface area contributed by atoms with Gasteiger partial charge in [-0.2, -0.15) is 10.2 Å². The second-order valence-corrected chi connectivity index (χ2v) is 7.34. The molecule has 0 amide bonds. The van der Waals surface area contributed by atoms with E-state index in [9.17, 15) is 5.26 Å². The standard InChI is InChI=1S/C22H20N6O.ClH/c1-13-21(16-7-8-24-10-15(16)11-25-13)22-26-20(29-27-22)12-28-14(2)18(9-23)17-5-3-4-6-19(17)28;/h3-6,11,24H,7-8,10,12H2,1-2H3;1H. The van der Waals surface area contributed by atoms with Crippen molar-refractivity contribution < 1.29 is 4.52 Å². The molecule has 0 saturated carbocycles. The molecule has 5 rings (SSSR count). The number of aromatic nitrogens is 4. The summed E-state index contributed by atoms with van der Waals surface area (Å²) in [4.78, 5) is 9.21. The number of benzene rings is 1. The fraction of sp³-hybridized carbons (Fsp3) is 0.273. The maximum Gasteiger partial charge on any atom is 0.246 e. The van der Waals surface area contributed by atoms with Crippen LogP contribution in [0.25, 0.3) is 22.3 Å². The Balaban J connectivity index is 0.00000218. The maximum absolute atomic E-state index is 9.56. The SMILES string of the molecule is Cc1ncc2c(c1-c1noc(Cn3c(C)c(C#N)c4ccccc43)n1)CCNC2.Cl. The summed E-state index contributed by atoms with van der Waals surface area (Å²) in [5, 5.41) is 18.1. The molecule has 0 radical (unpaired) electrons. The Hall–Kier alpha value is -3.21. The molecule has 1 aliphatic rings. The smallest absolute Gasteiger partial charge is 0.246 e. The van der Waals surface area contributed by atoms with Crippen LogP contribution in [0.2, 0.25) is 0 Å². The zero-order chi connectivity index (χ0) is 20.0. The van der Waals surface area contributed by atoms with Crippen LogP contribution in [0, 0.1) is 25.2 Å². The van der Waals surface area contributed by atoms with Crippen LogP contribution in [0.5, 0.6) is 0 Å². The van der Waals surface area contributed by atoms with Crippen LogP contribution in [-0.2, 0) is 19.5 Å². The molecule has 30 heavy (non-hydrogen) atoms. The van der Waals surface area contributed by atoms with E-state index in [2.05, 4.69) is 31.1 Å². The molecular weight excluding hydrogens is 400 g/mol. The number of halogens is 1. The molecule has 0 fully saturated rings. The van der Waals surface area contributed by atoms with Crippen molar-refractivity contribution >= 4 is 23.3 Å². The van der Waals surface area contributed by atoms with E-state index in [1.165, 1.54) is 11.1 Å². The van der Waals surface area contributed by atoms with Gasteiger partial charge in [0.05, 0.1) is 11.1 Å². The van der Waals surface area contributed by atoms with Crippen LogP contribution in [0.1, 0.15) is 34.0 Å². The predicted molar refractivity (Wildman–Crippen MR) is 115 cm³/mol. The maximum atomic E-state index is 9.56. The summed E-state index contributed by atoms with van der Waals surface area (Å²) < 4.78 is 7.66. The average Bonchev–Trinajstić information content (AvgIpc) is 3.31. The molecule has 0 unspecified atom stereocenters. The van der Waals surface area contributed by atoms with Gasteiger partial charge in [0.1, 0.15) is 12.6 Å². The lowest BCUT2D eigenvalue weighted by atomic mass is 9.95. The second kappa shape index (κ2) is 7.90. The first-order valence-corrected chi connectivity index (χ1v) is 9.66. The lowest BCUT2D eigenvalue weighted by Crippen LogP contribution is -2.24. The molecule has 0 saturated heterocycles. The van der Waals surface area contributed by atoms with Crippen LogP contribution in [-0.4, -0.2) is 26.2 Å². The van der Waals surface area contributed by atoms with Gasteiger partial charge in [-0.3, -0.25) is 4.98 Å². The van der Waals surface area contributed by atoms with Gasteiger partial charge >= 0.3 is 0 Å². The monoisotopic (exact) mass is 420 g/mol. The molecule has 7 nitrogen and oxygen atoms in total. The molecule has 0 spiro atoms. The molecule has 1 N–H and O–H groups in total. The summed E-state index contributed by atoms with van der Waals surface area (Å²) in [5.74, 6) is 1.10. The summed E-state index contributed by atoms with van der Waals surface area (Å²) in [6, 6.07) is 10.2. The number of fused-ring (bicyclic) bond motifs is 2. The molecule has 0 bridgehead atoms. The van der Waals surface area contributed by atoms with Gasteiger partial charge in [0.2, 0.25) is 11.7 Å².